The Morgan fingerprint density at radius 1 is 1.29 bits per heavy atom. The van der Waals surface area contributed by atoms with Crippen LogP contribution in [0.2, 0.25) is 0 Å². The third-order valence-corrected chi connectivity index (χ3v) is 3.39. The lowest BCUT2D eigenvalue weighted by Gasteiger charge is -2.30. The predicted octanol–water partition coefficient (Wildman–Crippen LogP) is 1.34. The number of hydrogen-bond acceptors (Lipinski definition) is 4. The Bertz CT molecular complexity index is 408. The first-order valence-electron chi connectivity index (χ1n) is 6.18. The highest BCUT2D eigenvalue weighted by molar-refractivity contribution is 5.44. The van der Waals surface area contributed by atoms with Crippen LogP contribution in [0, 0.1) is 0 Å². The maximum atomic E-state index is 5.98. The van der Waals surface area contributed by atoms with Crippen LogP contribution in [-0.4, -0.2) is 30.8 Å². The Morgan fingerprint density at radius 2 is 2.18 bits per heavy atom. The summed E-state index contributed by atoms with van der Waals surface area (Å²) in [6.07, 6.45) is 2.35. The molecule has 1 saturated heterocycles. The van der Waals surface area contributed by atoms with Gasteiger partial charge in [0, 0.05) is 19.1 Å². The number of ether oxygens (including phenoxy) is 2. The molecule has 92 valence electrons. The van der Waals surface area contributed by atoms with Crippen LogP contribution in [0.25, 0.3) is 0 Å². The Hall–Kier alpha value is -1.26. The molecular formula is C13H18N2O2. The lowest BCUT2D eigenvalue weighted by molar-refractivity contribution is 0.173. The van der Waals surface area contributed by atoms with Crippen molar-refractivity contribution in [3.63, 3.8) is 0 Å². The van der Waals surface area contributed by atoms with Gasteiger partial charge in [0.1, 0.15) is 0 Å². The number of benzene rings is 1. The largest absolute Gasteiger partial charge is 0.454 e. The van der Waals surface area contributed by atoms with E-state index in [0.29, 0.717) is 12.8 Å². The van der Waals surface area contributed by atoms with Gasteiger partial charge in [-0.25, -0.2) is 0 Å². The molecule has 0 amide bonds. The minimum atomic E-state index is 0.331. The SMILES string of the molecule is NC1CCCN(Cc2ccc3c(c2)OCO3)C1. The summed E-state index contributed by atoms with van der Waals surface area (Å²) in [5.74, 6) is 1.72. The summed E-state index contributed by atoms with van der Waals surface area (Å²) in [6.45, 7) is 3.42. The zero-order valence-corrected chi connectivity index (χ0v) is 9.89. The number of piperidine rings is 1. The third-order valence-electron chi connectivity index (χ3n) is 3.39. The van der Waals surface area contributed by atoms with Crippen LogP contribution in [-0.2, 0) is 6.54 Å². The lowest BCUT2D eigenvalue weighted by Crippen LogP contribution is -2.42. The molecule has 2 aliphatic heterocycles. The fraction of sp³-hybridized carbons (Fsp3) is 0.538. The average Bonchev–Trinajstić information content (AvgIpc) is 2.76. The number of fused-ring (bicyclic) bond motifs is 1. The van der Waals surface area contributed by atoms with E-state index in [9.17, 15) is 0 Å². The lowest BCUT2D eigenvalue weighted by atomic mass is 10.1. The van der Waals surface area contributed by atoms with Crippen LogP contribution < -0.4 is 15.2 Å². The Kier molecular flexibility index (Phi) is 2.91. The van der Waals surface area contributed by atoms with Crippen molar-refractivity contribution in [1.29, 1.82) is 0 Å². The third kappa shape index (κ3) is 2.37. The molecule has 0 radical (unpaired) electrons. The van der Waals surface area contributed by atoms with Gasteiger partial charge in [-0.3, -0.25) is 4.90 Å². The monoisotopic (exact) mass is 234 g/mol. The van der Waals surface area contributed by atoms with Gasteiger partial charge in [-0.15, -0.1) is 0 Å². The molecule has 1 aromatic carbocycles. The van der Waals surface area contributed by atoms with E-state index in [1.54, 1.807) is 0 Å². The van der Waals surface area contributed by atoms with Crippen molar-refractivity contribution < 1.29 is 9.47 Å². The van der Waals surface area contributed by atoms with Gasteiger partial charge in [-0.1, -0.05) is 6.07 Å². The summed E-state index contributed by atoms with van der Waals surface area (Å²) < 4.78 is 10.7. The van der Waals surface area contributed by atoms with E-state index < -0.39 is 0 Å². The molecular weight excluding hydrogens is 216 g/mol. The van der Waals surface area contributed by atoms with Crippen LogP contribution in [0.15, 0.2) is 18.2 Å². The molecule has 1 fully saturated rings. The molecule has 0 saturated carbocycles. The maximum Gasteiger partial charge on any atom is 0.231 e. The number of nitrogens with two attached hydrogens (primary N) is 1. The van der Waals surface area contributed by atoms with Crippen LogP contribution in [0.1, 0.15) is 18.4 Å². The van der Waals surface area contributed by atoms with E-state index >= 15 is 0 Å². The molecule has 4 nitrogen and oxygen atoms in total. The van der Waals surface area contributed by atoms with Gasteiger partial charge in [0.25, 0.3) is 0 Å². The average molecular weight is 234 g/mol. The van der Waals surface area contributed by atoms with E-state index in [2.05, 4.69) is 17.0 Å². The maximum absolute atomic E-state index is 5.98. The fourth-order valence-electron chi connectivity index (χ4n) is 2.53. The first-order valence-corrected chi connectivity index (χ1v) is 6.18. The van der Waals surface area contributed by atoms with E-state index in [1.807, 2.05) is 6.07 Å². The van der Waals surface area contributed by atoms with Gasteiger partial charge < -0.3 is 15.2 Å². The van der Waals surface area contributed by atoms with Crippen molar-refractivity contribution >= 4 is 0 Å². The molecule has 1 unspecified atom stereocenters. The smallest absolute Gasteiger partial charge is 0.231 e. The Labute approximate surface area is 101 Å². The number of rotatable bonds is 2. The van der Waals surface area contributed by atoms with Gasteiger partial charge in [-0.05, 0) is 37.1 Å². The van der Waals surface area contributed by atoms with Gasteiger partial charge in [0.05, 0.1) is 0 Å². The van der Waals surface area contributed by atoms with Gasteiger partial charge in [0.15, 0.2) is 11.5 Å². The molecule has 0 aromatic heterocycles. The first kappa shape index (κ1) is 10.9. The van der Waals surface area contributed by atoms with E-state index in [1.165, 1.54) is 12.0 Å². The number of hydrogen-bond donors (Lipinski definition) is 1. The summed E-state index contributed by atoms with van der Waals surface area (Å²) in [4.78, 5) is 2.41. The van der Waals surface area contributed by atoms with Gasteiger partial charge in [0.2, 0.25) is 6.79 Å². The van der Waals surface area contributed by atoms with Crippen molar-refractivity contribution in [2.45, 2.75) is 25.4 Å². The first-order chi connectivity index (χ1) is 8.31. The molecule has 4 heteroatoms. The molecule has 2 N–H and O–H groups in total. The van der Waals surface area contributed by atoms with E-state index in [4.69, 9.17) is 15.2 Å². The van der Waals surface area contributed by atoms with Crippen LogP contribution in [0.4, 0.5) is 0 Å². The standard InChI is InChI=1S/C13H18N2O2/c14-11-2-1-5-15(8-11)7-10-3-4-12-13(6-10)17-9-16-12/h3-4,6,11H,1-2,5,7-9,14H2. The second-order valence-electron chi connectivity index (χ2n) is 4.83. The van der Waals surface area contributed by atoms with Crippen molar-refractivity contribution in [3.05, 3.63) is 23.8 Å². The van der Waals surface area contributed by atoms with Crippen molar-refractivity contribution in [2.75, 3.05) is 19.9 Å². The molecule has 1 aromatic rings. The van der Waals surface area contributed by atoms with Crippen molar-refractivity contribution in [2.24, 2.45) is 5.73 Å². The summed E-state index contributed by atoms with van der Waals surface area (Å²) >= 11 is 0. The Morgan fingerprint density at radius 3 is 3.06 bits per heavy atom. The quantitative estimate of drug-likeness (QED) is 0.839. The summed E-state index contributed by atoms with van der Waals surface area (Å²) in [6, 6.07) is 6.50. The molecule has 3 rings (SSSR count). The molecule has 17 heavy (non-hydrogen) atoms. The number of likely N-dealkylation sites (tertiary alicyclic amines) is 1. The highest BCUT2D eigenvalue weighted by Gasteiger charge is 2.18. The molecule has 0 bridgehead atoms. The van der Waals surface area contributed by atoms with Crippen LogP contribution in [0.5, 0.6) is 11.5 Å². The summed E-state index contributed by atoms with van der Waals surface area (Å²) in [5, 5.41) is 0. The van der Waals surface area contributed by atoms with Gasteiger partial charge in [-0.2, -0.15) is 0 Å². The minimum absolute atomic E-state index is 0.331. The number of nitrogens with zero attached hydrogens (tertiary/aromatic N) is 1. The predicted molar refractivity (Wildman–Crippen MR) is 65.1 cm³/mol. The van der Waals surface area contributed by atoms with Crippen molar-refractivity contribution in [1.82, 2.24) is 4.90 Å². The fourth-order valence-corrected chi connectivity index (χ4v) is 2.53. The zero-order chi connectivity index (χ0) is 11.7. The minimum Gasteiger partial charge on any atom is -0.454 e. The normalized spacial score (nSPS) is 23.9. The van der Waals surface area contributed by atoms with Crippen LogP contribution in [0.3, 0.4) is 0 Å². The van der Waals surface area contributed by atoms with Gasteiger partial charge >= 0.3 is 0 Å². The van der Waals surface area contributed by atoms with Crippen molar-refractivity contribution in [3.8, 4) is 11.5 Å². The van der Waals surface area contributed by atoms with E-state index in [0.717, 1.165) is 37.6 Å². The summed E-state index contributed by atoms with van der Waals surface area (Å²) in [7, 11) is 0. The molecule has 0 spiro atoms. The van der Waals surface area contributed by atoms with E-state index in [-0.39, 0.29) is 0 Å². The second kappa shape index (κ2) is 4.55. The molecule has 2 heterocycles. The highest BCUT2D eigenvalue weighted by Crippen LogP contribution is 2.32. The Balaban J connectivity index is 1.68. The molecule has 1 atom stereocenters. The molecule has 2 aliphatic rings. The van der Waals surface area contributed by atoms with Crippen LogP contribution >= 0.6 is 0 Å². The zero-order valence-electron chi connectivity index (χ0n) is 9.89. The summed E-state index contributed by atoms with van der Waals surface area (Å²) in [5.41, 5.74) is 7.25. The highest BCUT2D eigenvalue weighted by atomic mass is 16.7. The second-order valence-corrected chi connectivity index (χ2v) is 4.83. The molecule has 0 aliphatic carbocycles. The topological polar surface area (TPSA) is 47.7 Å².